The Labute approximate surface area is 98.2 Å². The van der Waals surface area contributed by atoms with E-state index >= 15 is 0 Å². The summed E-state index contributed by atoms with van der Waals surface area (Å²) in [7, 11) is 0. The summed E-state index contributed by atoms with van der Waals surface area (Å²) in [6.45, 7) is 7.24. The number of hydrogen-bond donors (Lipinski definition) is 1. The van der Waals surface area contributed by atoms with E-state index in [-0.39, 0.29) is 0 Å². The maximum absolute atomic E-state index is 5.23. The molecule has 0 atom stereocenters. The zero-order chi connectivity index (χ0) is 11.8. The van der Waals surface area contributed by atoms with Gasteiger partial charge in [-0.2, -0.15) is 5.10 Å². The van der Waals surface area contributed by atoms with Crippen molar-refractivity contribution >= 4 is 0 Å². The topological polar surface area (TPSA) is 29.9 Å². The van der Waals surface area contributed by atoms with Crippen LogP contribution in [0.15, 0.2) is 12.3 Å². The van der Waals surface area contributed by atoms with Gasteiger partial charge in [-0.3, -0.25) is 4.68 Å². The average molecular weight is 219 g/mol. The Kier molecular flexibility index (Phi) is 5.66. The molecule has 0 unspecified atom stereocenters. The third kappa shape index (κ3) is 4.50. The lowest BCUT2D eigenvalue weighted by Gasteiger charge is -2.09. The normalized spacial score (nSPS) is 10.6. The van der Waals surface area contributed by atoms with Crippen LogP contribution >= 0.6 is 0 Å². The summed E-state index contributed by atoms with van der Waals surface area (Å²) in [5, 5.41) is 7.71. The molecule has 0 aliphatic carbocycles. The van der Waals surface area contributed by atoms with Crippen LogP contribution in [-0.2, 0) is 13.1 Å². The van der Waals surface area contributed by atoms with Crippen molar-refractivity contribution in [1.82, 2.24) is 15.1 Å². The molecule has 1 rings (SSSR count). The largest absolute Gasteiger partial charge is 0.311 e. The fourth-order valence-electron chi connectivity index (χ4n) is 1.53. The van der Waals surface area contributed by atoms with Crippen molar-refractivity contribution in [2.24, 2.45) is 5.92 Å². The second-order valence-electron chi connectivity index (χ2n) is 4.38. The maximum Gasteiger partial charge on any atom is 0.0522 e. The summed E-state index contributed by atoms with van der Waals surface area (Å²) in [5.41, 5.74) is 1.23. The summed E-state index contributed by atoms with van der Waals surface area (Å²) in [6, 6.07) is 2.06. The summed E-state index contributed by atoms with van der Waals surface area (Å²) < 4.78 is 2.03. The van der Waals surface area contributed by atoms with Gasteiger partial charge < -0.3 is 5.32 Å². The molecule has 0 aliphatic heterocycles. The number of rotatable bonds is 7. The Morgan fingerprint density at radius 2 is 2.38 bits per heavy atom. The first-order valence-corrected chi connectivity index (χ1v) is 5.89. The minimum Gasteiger partial charge on any atom is -0.311 e. The SMILES string of the molecule is C#CCCCn1nccc1CNCC(C)C. The van der Waals surface area contributed by atoms with Gasteiger partial charge in [0.2, 0.25) is 0 Å². The molecule has 0 aliphatic rings. The van der Waals surface area contributed by atoms with Gasteiger partial charge in [0.15, 0.2) is 0 Å². The van der Waals surface area contributed by atoms with E-state index in [1.165, 1.54) is 5.69 Å². The Morgan fingerprint density at radius 1 is 1.56 bits per heavy atom. The van der Waals surface area contributed by atoms with Crippen LogP contribution in [0.2, 0.25) is 0 Å². The van der Waals surface area contributed by atoms with Crippen molar-refractivity contribution in [3.8, 4) is 12.3 Å². The second-order valence-corrected chi connectivity index (χ2v) is 4.38. The van der Waals surface area contributed by atoms with Crippen molar-refractivity contribution in [2.45, 2.75) is 39.8 Å². The van der Waals surface area contributed by atoms with E-state index in [0.29, 0.717) is 5.92 Å². The Hall–Kier alpha value is -1.27. The molecule has 0 amide bonds. The standard InChI is InChI=1S/C13H21N3/c1-4-5-6-9-16-13(7-8-15-16)11-14-10-12(2)3/h1,7-8,12,14H,5-6,9-11H2,2-3H3. The van der Waals surface area contributed by atoms with Crippen molar-refractivity contribution < 1.29 is 0 Å². The van der Waals surface area contributed by atoms with Gasteiger partial charge in [-0.05, 0) is 24.9 Å². The summed E-state index contributed by atoms with van der Waals surface area (Å²) in [6.07, 6.45) is 8.89. The third-order valence-corrected chi connectivity index (χ3v) is 2.35. The van der Waals surface area contributed by atoms with Gasteiger partial charge >= 0.3 is 0 Å². The van der Waals surface area contributed by atoms with Gasteiger partial charge in [-0.15, -0.1) is 12.3 Å². The number of unbranched alkanes of at least 4 members (excludes halogenated alkanes) is 1. The average Bonchev–Trinajstić information content (AvgIpc) is 2.66. The van der Waals surface area contributed by atoms with Gasteiger partial charge in [-0.25, -0.2) is 0 Å². The summed E-state index contributed by atoms with van der Waals surface area (Å²) in [5.74, 6) is 3.33. The molecule has 88 valence electrons. The summed E-state index contributed by atoms with van der Waals surface area (Å²) >= 11 is 0. The van der Waals surface area contributed by atoms with E-state index in [1.54, 1.807) is 0 Å². The predicted molar refractivity (Wildman–Crippen MR) is 66.8 cm³/mol. The Morgan fingerprint density at radius 3 is 3.06 bits per heavy atom. The van der Waals surface area contributed by atoms with E-state index in [9.17, 15) is 0 Å². The van der Waals surface area contributed by atoms with Crippen molar-refractivity contribution in [2.75, 3.05) is 6.54 Å². The fourth-order valence-corrected chi connectivity index (χ4v) is 1.53. The summed E-state index contributed by atoms with van der Waals surface area (Å²) in [4.78, 5) is 0. The van der Waals surface area contributed by atoms with Crippen LogP contribution in [0.5, 0.6) is 0 Å². The highest BCUT2D eigenvalue weighted by Gasteiger charge is 2.01. The lowest BCUT2D eigenvalue weighted by atomic mass is 10.2. The zero-order valence-electron chi connectivity index (χ0n) is 10.2. The molecule has 1 aromatic heterocycles. The maximum atomic E-state index is 5.23. The molecule has 0 saturated carbocycles. The fraction of sp³-hybridized carbons (Fsp3) is 0.615. The van der Waals surface area contributed by atoms with E-state index in [2.05, 4.69) is 36.2 Å². The van der Waals surface area contributed by atoms with Crippen LogP contribution in [0, 0.1) is 18.3 Å². The third-order valence-electron chi connectivity index (χ3n) is 2.35. The Balaban J connectivity index is 2.35. The van der Waals surface area contributed by atoms with Crippen LogP contribution in [-0.4, -0.2) is 16.3 Å². The van der Waals surface area contributed by atoms with Gasteiger partial charge in [0.25, 0.3) is 0 Å². The molecule has 1 heterocycles. The van der Waals surface area contributed by atoms with Crippen molar-refractivity contribution in [1.29, 1.82) is 0 Å². The van der Waals surface area contributed by atoms with Gasteiger partial charge in [0.1, 0.15) is 0 Å². The molecule has 0 spiro atoms. The van der Waals surface area contributed by atoms with Crippen molar-refractivity contribution in [3.63, 3.8) is 0 Å². The van der Waals surface area contributed by atoms with Crippen molar-refractivity contribution in [3.05, 3.63) is 18.0 Å². The molecular weight excluding hydrogens is 198 g/mol. The number of aryl methyl sites for hydroxylation is 1. The van der Waals surface area contributed by atoms with Gasteiger partial charge in [-0.1, -0.05) is 13.8 Å². The minimum atomic E-state index is 0.679. The zero-order valence-corrected chi connectivity index (χ0v) is 10.2. The van der Waals surface area contributed by atoms with Crippen LogP contribution in [0.25, 0.3) is 0 Å². The number of terminal acetylenes is 1. The van der Waals surface area contributed by atoms with E-state index in [0.717, 1.165) is 32.5 Å². The molecule has 1 N–H and O–H groups in total. The molecule has 3 heteroatoms. The highest BCUT2D eigenvalue weighted by Crippen LogP contribution is 2.01. The molecule has 16 heavy (non-hydrogen) atoms. The van der Waals surface area contributed by atoms with Crippen LogP contribution < -0.4 is 5.32 Å². The first-order valence-electron chi connectivity index (χ1n) is 5.89. The molecule has 3 nitrogen and oxygen atoms in total. The second kappa shape index (κ2) is 7.08. The molecule has 0 radical (unpaired) electrons. The number of nitrogens with zero attached hydrogens (tertiary/aromatic N) is 2. The van der Waals surface area contributed by atoms with Crippen LogP contribution in [0.4, 0.5) is 0 Å². The first kappa shape index (κ1) is 12.8. The number of hydrogen-bond acceptors (Lipinski definition) is 2. The quantitative estimate of drug-likeness (QED) is 0.562. The molecule has 0 bridgehead atoms. The number of nitrogens with one attached hydrogen (secondary N) is 1. The highest BCUT2D eigenvalue weighted by atomic mass is 15.3. The lowest BCUT2D eigenvalue weighted by Crippen LogP contribution is -2.21. The predicted octanol–water partition coefficient (Wildman–Crippen LogP) is 2.04. The van der Waals surface area contributed by atoms with Crippen LogP contribution in [0.1, 0.15) is 32.4 Å². The monoisotopic (exact) mass is 219 g/mol. The Bertz CT molecular complexity index is 333. The number of aromatic nitrogens is 2. The molecule has 0 saturated heterocycles. The lowest BCUT2D eigenvalue weighted by molar-refractivity contribution is 0.510. The van der Waals surface area contributed by atoms with Gasteiger partial charge in [0, 0.05) is 25.7 Å². The van der Waals surface area contributed by atoms with Gasteiger partial charge in [0.05, 0.1) is 5.69 Å². The minimum absolute atomic E-state index is 0.679. The molecular formula is C13H21N3. The molecule has 0 aromatic carbocycles. The highest BCUT2D eigenvalue weighted by molar-refractivity contribution is 5.00. The molecule has 1 aromatic rings. The first-order chi connectivity index (χ1) is 7.74. The smallest absolute Gasteiger partial charge is 0.0522 e. The van der Waals surface area contributed by atoms with E-state index < -0.39 is 0 Å². The van der Waals surface area contributed by atoms with E-state index in [1.807, 2.05) is 10.9 Å². The molecule has 0 fully saturated rings. The van der Waals surface area contributed by atoms with Crippen LogP contribution in [0.3, 0.4) is 0 Å². The van der Waals surface area contributed by atoms with E-state index in [4.69, 9.17) is 6.42 Å².